The van der Waals surface area contributed by atoms with Crippen LogP contribution in [0, 0.1) is 0 Å². The molecule has 7 heteroatoms. The van der Waals surface area contributed by atoms with Crippen molar-refractivity contribution < 1.29 is 9.32 Å². The second-order valence-electron chi connectivity index (χ2n) is 4.47. The van der Waals surface area contributed by atoms with Gasteiger partial charge in [0.25, 0.3) is 5.91 Å². The molecule has 2 heterocycles. The molecule has 0 saturated heterocycles. The van der Waals surface area contributed by atoms with E-state index < -0.39 is 5.91 Å². The van der Waals surface area contributed by atoms with Crippen LogP contribution in [0.1, 0.15) is 10.4 Å². The molecule has 0 bridgehead atoms. The van der Waals surface area contributed by atoms with Gasteiger partial charge in [-0.25, -0.2) is 0 Å². The van der Waals surface area contributed by atoms with Gasteiger partial charge in [-0.1, -0.05) is 16.8 Å². The van der Waals surface area contributed by atoms with Gasteiger partial charge in [-0.05, 0) is 36.4 Å². The maximum atomic E-state index is 12.4. The molecule has 0 fully saturated rings. The van der Waals surface area contributed by atoms with Gasteiger partial charge in [-0.2, -0.15) is 0 Å². The maximum Gasteiger partial charge on any atom is 0.263 e. The second-order valence-corrected chi connectivity index (χ2v) is 4.90. The second kappa shape index (κ2) is 5.87. The number of carbonyl (C=O) groups excluding carboxylic acids is 1. The van der Waals surface area contributed by atoms with Gasteiger partial charge < -0.3 is 15.6 Å². The first-order valence-corrected chi connectivity index (χ1v) is 6.75. The number of amides is 1. The number of hydrogen-bond acceptors (Lipinski definition) is 5. The normalized spacial score (nSPS) is 10.4. The molecule has 2 aromatic heterocycles. The van der Waals surface area contributed by atoms with Crippen LogP contribution in [-0.2, 0) is 0 Å². The smallest absolute Gasteiger partial charge is 0.263 e. The lowest BCUT2D eigenvalue weighted by Gasteiger charge is -2.05. The molecule has 0 aliphatic heterocycles. The molecule has 0 aliphatic carbocycles. The van der Waals surface area contributed by atoms with Crippen molar-refractivity contribution in [2.24, 2.45) is 0 Å². The van der Waals surface area contributed by atoms with Gasteiger partial charge in [-0.3, -0.25) is 9.78 Å². The first-order valence-electron chi connectivity index (χ1n) is 6.37. The van der Waals surface area contributed by atoms with E-state index in [1.807, 2.05) is 0 Å². The van der Waals surface area contributed by atoms with E-state index in [1.54, 1.807) is 48.8 Å². The Labute approximate surface area is 130 Å². The molecular formula is C15H11ClN4O2. The Morgan fingerprint density at radius 2 is 1.82 bits per heavy atom. The number of hydrogen-bond donors (Lipinski definition) is 2. The molecular weight excluding hydrogens is 304 g/mol. The summed E-state index contributed by atoms with van der Waals surface area (Å²) in [6.07, 6.45) is 3.20. The number of rotatable bonds is 3. The van der Waals surface area contributed by atoms with Crippen LogP contribution in [0.5, 0.6) is 0 Å². The highest BCUT2D eigenvalue weighted by atomic mass is 35.5. The van der Waals surface area contributed by atoms with E-state index in [0.29, 0.717) is 22.0 Å². The number of aromatic nitrogens is 2. The molecule has 1 amide bonds. The molecule has 1 aromatic carbocycles. The first-order chi connectivity index (χ1) is 10.6. The summed E-state index contributed by atoms with van der Waals surface area (Å²) >= 11 is 5.81. The van der Waals surface area contributed by atoms with Gasteiger partial charge in [0.2, 0.25) is 5.88 Å². The summed E-state index contributed by atoms with van der Waals surface area (Å²) in [4.78, 5) is 16.4. The number of nitrogen functional groups attached to an aromatic ring is 1. The number of halogens is 1. The van der Waals surface area contributed by atoms with Crippen molar-refractivity contribution in [3.8, 4) is 11.3 Å². The van der Waals surface area contributed by atoms with E-state index in [0.717, 1.165) is 0 Å². The third-order valence-corrected chi connectivity index (χ3v) is 3.25. The van der Waals surface area contributed by atoms with Crippen LogP contribution in [0.4, 0.5) is 11.6 Å². The Bertz CT molecular complexity index is 800. The molecule has 0 aliphatic rings. The predicted octanol–water partition coefficient (Wildman–Crippen LogP) is 3.22. The molecule has 0 radical (unpaired) electrons. The fraction of sp³-hybridized carbons (Fsp3) is 0. The molecule has 0 spiro atoms. The predicted molar refractivity (Wildman–Crippen MR) is 83.6 cm³/mol. The summed E-state index contributed by atoms with van der Waals surface area (Å²) in [5.41, 5.74) is 7.56. The third kappa shape index (κ3) is 2.77. The molecule has 0 atom stereocenters. The zero-order valence-electron chi connectivity index (χ0n) is 11.3. The summed E-state index contributed by atoms with van der Waals surface area (Å²) in [7, 11) is 0. The number of carbonyl (C=O) groups is 1. The summed E-state index contributed by atoms with van der Waals surface area (Å²) in [5, 5.41) is 7.17. The lowest BCUT2D eigenvalue weighted by molar-refractivity contribution is 0.102. The quantitative estimate of drug-likeness (QED) is 0.774. The number of pyridine rings is 1. The van der Waals surface area contributed by atoms with Gasteiger partial charge in [0.1, 0.15) is 11.3 Å². The monoisotopic (exact) mass is 314 g/mol. The third-order valence-electron chi connectivity index (χ3n) is 3.00. The number of anilines is 2. The Morgan fingerprint density at radius 1 is 1.14 bits per heavy atom. The molecule has 3 N–H and O–H groups in total. The largest absolute Gasteiger partial charge is 0.367 e. The van der Waals surface area contributed by atoms with Crippen LogP contribution in [0.15, 0.2) is 53.3 Å². The van der Waals surface area contributed by atoms with Crippen molar-refractivity contribution in [1.82, 2.24) is 10.1 Å². The summed E-state index contributed by atoms with van der Waals surface area (Å²) in [6.45, 7) is 0. The number of benzene rings is 1. The van der Waals surface area contributed by atoms with E-state index in [9.17, 15) is 4.79 Å². The number of nitrogens with zero attached hydrogens (tertiary/aromatic N) is 2. The standard InChI is InChI=1S/C15H11ClN4O2/c16-10-1-3-11(4-2-10)19-15(21)12-13(20-22-14(12)17)9-5-7-18-8-6-9/h1-8H,17H2,(H,19,21). The van der Waals surface area contributed by atoms with Crippen molar-refractivity contribution in [2.45, 2.75) is 0 Å². The molecule has 0 saturated carbocycles. The average Bonchev–Trinajstić information content (AvgIpc) is 2.92. The van der Waals surface area contributed by atoms with Gasteiger partial charge in [-0.15, -0.1) is 0 Å². The summed E-state index contributed by atoms with van der Waals surface area (Å²) in [6, 6.07) is 10.2. The van der Waals surface area contributed by atoms with Crippen molar-refractivity contribution in [2.75, 3.05) is 11.1 Å². The van der Waals surface area contributed by atoms with Crippen LogP contribution in [0.3, 0.4) is 0 Å². The minimum atomic E-state index is -0.409. The highest BCUT2D eigenvalue weighted by Gasteiger charge is 2.22. The van der Waals surface area contributed by atoms with Crippen LogP contribution in [0.2, 0.25) is 5.02 Å². The average molecular weight is 315 g/mol. The van der Waals surface area contributed by atoms with Crippen molar-refractivity contribution in [3.63, 3.8) is 0 Å². The Hall–Kier alpha value is -2.86. The lowest BCUT2D eigenvalue weighted by Crippen LogP contribution is -2.13. The van der Waals surface area contributed by atoms with Crippen LogP contribution in [-0.4, -0.2) is 16.0 Å². The van der Waals surface area contributed by atoms with Gasteiger partial charge in [0.05, 0.1) is 0 Å². The lowest BCUT2D eigenvalue weighted by atomic mass is 10.1. The number of nitrogens with two attached hydrogens (primary N) is 1. The fourth-order valence-electron chi connectivity index (χ4n) is 1.96. The fourth-order valence-corrected chi connectivity index (χ4v) is 2.08. The van der Waals surface area contributed by atoms with E-state index in [4.69, 9.17) is 21.9 Å². The maximum absolute atomic E-state index is 12.4. The zero-order valence-corrected chi connectivity index (χ0v) is 12.0. The van der Waals surface area contributed by atoms with E-state index in [2.05, 4.69) is 15.5 Å². The SMILES string of the molecule is Nc1onc(-c2ccncc2)c1C(=O)Nc1ccc(Cl)cc1. The minimum absolute atomic E-state index is 0.0433. The van der Waals surface area contributed by atoms with E-state index in [-0.39, 0.29) is 11.4 Å². The highest BCUT2D eigenvalue weighted by Crippen LogP contribution is 2.27. The molecule has 3 rings (SSSR count). The Morgan fingerprint density at radius 3 is 2.50 bits per heavy atom. The molecule has 110 valence electrons. The van der Waals surface area contributed by atoms with Crippen LogP contribution < -0.4 is 11.1 Å². The molecule has 22 heavy (non-hydrogen) atoms. The zero-order chi connectivity index (χ0) is 15.5. The van der Waals surface area contributed by atoms with Crippen molar-refractivity contribution >= 4 is 29.1 Å². The van der Waals surface area contributed by atoms with Gasteiger partial charge in [0.15, 0.2) is 0 Å². The summed E-state index contributed by atoms with van der Waals surface area (Å²) < 4.78 is 4.95. The molecule has 0 unspecified atom stereocenters. The molecule has 6 nitrogen and oxygen atoms in total. The number of nitrogens with one attached hydrogen (secondary N) is 1. The van der Waals surface area contributed by atoms with Gasteiger partial charge >= 0.3 is 0 Å². The Balaban J connectivity index is 1.93. The van der Waals surface area contributed by atoms with Crippen LogP contribution >= 0.6 is 11.6 Å². The van der Waals surface area contributed by atoms with Gasteiger partial charge in [0, 0.05) is 28.7 Å². The van der Waals surface area contributed by atoms with E-state index in [1.165, 1.54) is 0 Å². The van der Waals surface area contributed by atoms with Crippen molar-refractivity contribution in [3.05, 3.63) is 59.4 Å². The first kappa shape index (κ1) is 14.1. The highest BCUT2D eigenvalue weighted by molar-refractivity contribution is 6.30. The van der Waals surface area contributed by atoms with Crippen LogP contribution in [0.25, 0.3) is 11.3 Å². The van der Waals surface area contributed by atoms with Crippen molar-refractivity contribution in [1.29, 1.82) is 0 Å². The molecule has 3 aromatic rings. The summed E-state index contributed by atoms with van der Waals surface area (Å²) in [5.74, 6) is -0.453. The van der Waals surface area contributed by atoms with E-state index >= 15 is 0 Å². The Kier molecular flexibility index (Phi) is 3.76. The topological polar surface area (TPSA) is 94.0 Å². The minimum Gasteiger partial charge on any atom is -0.367 e.